The van der Waals surface area contributed by atoms with Crippen LogP contribution >= 0.6 is 0 Å². The maximum Gasteiger partial charge on any atom is 0.320 e. The van der Waals surface area contributed by atoms with Crippen LogP contribution in [0.15, 0.2) is 24.3 Å². The summed E-state index contributed by atoms with van der Waals surface area (Å²) < 4.78 is 5.96. The lowest BCUT2D eigenvalue weighted by atomic mass is 10.1. The minimum atomic E-state index is -0.976. The fourth-order valence-electron chi connectivity index (χ4n) is 2.14. The molecule has 20 heavy (non-hydrogen) atoms. The van der Waals surface area contributed by atoms with Crippen molar-refractivity contribution in [1.29, 1.82) is 0 Å². The van der Waals surface area contributed by atoms with E-state index in [-0.39, 0.29) is 6.10 Å². The van der Waals surface area contributed by atoms with Crippen molar-refractivity contribution in [3.05, 3.63) is 29.8 Å². The summed E-state index contributed by atoms with van der Waals surface area (Å²) in [7, 11) is 0. The molecule has 0 heterocycles. The van der Waals surface area contributed by atoms with E-state index in [1.165, 1.54) is 0 Å². The van der Waals surface area contributed by atoms with Crippen molar-refractivity contribution in [3.8, 4) is 5.75 Å². The smallest absolute Gasteiger partial charge is 0.320 e. The van der Waals surface area contributed by atoms with Crippen LogP contribution in [0.4, 0.5) is 0 Å². The monoisotopic (exact) mass is 279 g/mol. The predicted molar refractivity (Wildman–Crippen MR) is 80.0 cm³/mol. The summed E-state index contributed by atoms with van der Waals surface area (Å²) in [5.74, 6) is -0.138. The minimum absolute atomic E-state index is 0.261. The van der Waals surface area contributed by atoms with Crippen LogP contribution in [0.1, 0.15) is 45.1 Å². The predicted octanol–water partition coefficient (Wildman–Crippen LogP) is 2.99. The fourth-order valence-corrected chi connectivity index (χ4v) is 2.14. The largest absolute Gasteiger partial charge is 0.490 e. The molecule has 1 atom stereocenters. The number of aliphatic carboxylic acids is 1. The van der Waals surface area contributed by atoms with Crippen molar-refractivity contribution in [2.75, 3.05) is 0 Å². The van der Waals surface area contributed by atoms with Gasteiger partial charge in [-0.2, -0.15) is 0 Å². The van der Waals surface area contributed by atoms with Crippen molar-refractivity contribution in [2.45, 2.75) is 58.1 Å². The van der Waals surface area contributed by atoms with E-state index in [1.54, 1.807) is 0 Å². The highest BCUT2D eigenvalue weighted by Crippen LogP contribution is 2.18. The highest BCUT2D eigenvalue weighted by Gasteiger charge is 2.12. The SMILES string of the molecule is CCCC(CCC)Oc1ccc(C[C@H](N)C(=O)O)cc1. The van der Waals surface area contributed by atoms with Crippen LogP contribution in [0.2, 0.25) is 0 Å². The van der Waals surface area contributed by atoms with Crippen LogP contribution in [-0.2, 0) is 11.2 Å². The van der Waals surface area contributed by atoms with Crippen LogP contribution in [0.5, 0.6) is 5.75 Å². The van der Waals surface area contributed by atoms with Gasteiger partial charge in [-0.05, 0) is 37.0 Å². The number of rotatable bonds is 9. The van der Waals surface area contributed by atoms with E-state index in [2.05, 4.69) is 13.8 Å². The van der Waals surface area contributed by atoms with E-state index in [1.807, 2.05) is 24.3 Å². The summed E-state index contributed by atoms with van der Waals surface area (Å²) in [6, 6.07) is 6.69. The lowest BCUT2D eigenvalue weighted by Gasteiger charge is -2.18. The maximum absolute atomic E-state index is 10.7. The molecular formula is C16H25NO3. The van der Waals surface area contributed by atoms with E-state index in [4.69, 9.17) is 15.6 Å². The summed E-state index contributed by atoms with van der Waals surface area (Å²) in [5, 5.41) is 8.79. The number of carboxylic acid groups (broad SMARTS) is 1. The molecule has 3 N–H and O–H groups in total. The first-order valence-corrected chi connectivity index (χ1v) is 7.30. The average molecular weight is 279 g/mol. The van der Waals surface area contributed by atoms with Gasteiger partial charge in [-0.3, -0.25) is 4.79 Å². The summed E-state index contributed by atoms with van der Waals surface area (Å²) >= 11 is 0. The first kappa shape index (κ1) is 16.5. The summed E-state index contributed by atoms with van der Waals surface area (Å²) in [6.45, 7) is 4.31. The first-order chi connectivity index (χ1) is 9.56. The normalized spacial score (nSPS) is 12.4. The molecule has 0 aromatic heterocycles. The topological polar surface area (TPSA) is 72.5 Å². The molecule has 0 spiro atoms. The van der Waals surface area contributed by atoms with Gasteiger partial charge in [0.1, 0.15) is 11.8 Å². The van der Waals surface area contributed by atoms with Gasteiger partial charge in [-0.25, -0.2) is 0 Å². The quantitative estimate of drug-likeness (QED) is 0.729. The number of carbonyl (C=O) groups is 1. The van der Waals surface area contributed by atoms with Crippen LogP contribution in [-0.4, -0.2) is 23.2 Å². The Hall–Kier alpha value is -1.55. The zero-order valence-electron chi connectivity index (χ0n) is 12.3. The highest BCUT2D eigenvalue weighted by molar-refractivity contribution is 5.73. The Labute approximate surface area is 120 Å². The molecule has 0 aliphatic heterocycles. The lowest BCUT2D eigenvalue weighted by Crippen LogP contribution is -2.32. The Morgan fingerprint density at radius 1 is 1.20 bits per heavy atom. The third-order valence-electron chi connectivity index (χ3n) is 3.22. The van der Waals surface area contributed by atoms with Crippen molar-refractivity contribution in [1.82, 2.24) is 0 Å². The van der Waals surface area contributed by atoms with Crippen molar-refractivity contribution in [2.24, 2.45) is 5.73 Å². The maximum atomic E-state index is 10.7. The second-order valence-corrected chi connectivity index (χ2v) is 5.11. The first-order valence-electron chi connectivity index (χ1n) is 7.30. The molecule has 0 radical (unpaired) electrons. The molecule has 1 rings (SSSR count). The molecule has 0 aliphatic rings. The van der Waals surface area contributed by atoms with Crippen LogP contribution < -0.4 is 10.5 Å². The Bertz CT molecular complexity index is 397. The molecule has 4 heteroatoms. The lowest BCUT2D eigenvalue weighted by molar-refractivity contribution is -0.138. The Morgan fingerprint density at radius 3 is 2.20 bits per heavy atom. The van der Waals surface area contributed by atoms with Crippen LogP contribution in [0, 0.1) is 0 Å². The molecule has 0 saturated heterocycles. The van der Waals surface area contributed by atoms with Gasteiger partial charge in [0.05, 0.1) is 6.10 Å². The summed E-state index contributed by atoms with van der Waals surface area (Å²) in [4.78, 5) is 10.7. The zero-order chi connectivity index (χ0) is 15.0. The van der Waals surface area contributed by atoms with Gasteiger partial charge in [0.15, 0.2) is 0 Å². The van der Waals surface area contributed by atoms with Crippen molar-refractivity contribution < 1.29 is 14.6 Å². The summed E-state index contributed by atoms with van der Waals surface area (Å²) in [5.41, 5.74) is 6.43. The molecule has 1 aromatic carbocycles. The Morgan fingerprint density at radius 2 is 1.75 bits per heavy atom. The number of benzene rings is 1. The number of ether oxygens (including phenoxy) is 1. The van der Waals surface area contributed by atoms with Crippen molar-refractivity contribution in [3.63, 3.8) is 0 Å². The van der Waals surface area contributed by atoms with Crippen molar-refractivity contribution >= 4 is 5.97 Å². The Balaban J connectivity index is 2.58. The third-order valence-corrected chi connectivity index (χ3v) is 3.22. The number of hydrogen-bond acceptors (Lipinski definition) is 3. The van der Waals surface area contributed by atoms with Gasteiger partial charge < -0.3 is 15.6 Å². The molecule has 0 amide bonds. The van der Waals surface area contributed by atoms with E-state index in [9.17, 15) is 4.79 Å². The van der Waals surface area contributed by atoms with Gasteiger partial charge in [0.25, 0.3) is 0 Å². The van der Waals surface area contributed by atoms with E-state index < -0.39 is 12.0 Å². The fraction of sp³-hybridized carbons (Fsp3) is 0.562. The Kier molecular flexibility index (Phi) is 7.09. The molecule has 1 aromatic rings. The molecule has 0 fully saturated rings. The molecule has 0 aliphatic carbocycles. The van der Waals surface area contributed by atoms with Crippen LogP contribution in [0.3, 0.4) is 0 Å². The van der Waals surface area contributed by atoms with E-state index >= 15 is 0 Å². The number of carboxylic acids is 1. The molecule has 0 bridgehead atoms. The van der Waals surface area contributed by atoms with Crippen LogP contribution in [0.25, 0.3) is 0 Å². The standard InChI is InChI=1S/C16H25NO3/c1-3-5-13(6-4-2)20-14-9-7-12(8-10-14)11-15(17)16(18)19/h7-10,13,15H,3-6,11,17H2,1-2H3,(H,18,19)/t15-/m0/s1. The van der Waals surface area contributed by atoms with E-state index in [0.717, 1.165) is 37.0 Å². The minimum Gasteiger partial charge on any atom is -0.490 e. The molecule has 112 valence electrons. The van der Waals surface area contributed by atoms with Gasteiger partial charge >= 0.3 is 5.97 Å². The van der Waals surface area contributed by atoms with E-state index in [0.29, 0.717) is 6.42 Å². The molecule has 4 nitrogen and oxygen atoms in total. The molecule has 0 unspecified atom stereocenters. The molecular weight excluding hydrogens is 254 g/mol. The average Bonchev–Trinajstić information content (AvgIpc) is 2.41. The van der Waals surface area contributed by atoms with Gasteiger partial charge in [-0.15, -0.1) is 0 Å². The molecule has 0 saturated carbocycles. The van der Waals surface area contributed by atoms with Gasteiger partial charge in [0, 0.05) is 0 Å². The van der Waals surface area contributed by atoms with Gasteiger partial charge in [0.2, 0.25) is 0 Å². The van der Waals surface area contributed by atoms with Gasteiger partial charge in [-0.1, -0.05) is 38.8 Å². The number of hydrogen-bond donors (Lipinski definition) is 2. The second kappa shape index (κ2) is 8.59. The summed E-state index contributed by atoms with van der Waals surface area (Å²) in [6.07, 6.45) is 4.92. The highest BCUT2D eigenvalue weighted by atomic mass is 16.5. The third kappa shape index (κ3) is 5.61. The second-order valence-electron chi connectivity index (χ2n) is 5.11. The number of nitrogens with two attached hydrogens (primary N) is 1. The zero-order valence-corrected chi connectivity index (χ0v) is 12.3.